The second-order valence-electron chi connectivity index (χ2n) is 4.88. The quantitative estimate of drug-likeness (QED) is 0.269. The highest BCUT2D eigenvalue weighted by atomic mass is 32.2. The maximum absolute atomic E-state index is 12.0. The van der Waals surface area contributed by atoms with E-state index in [2.05, 4.69) is 9.88 Å². The fourth-order valence-electron chi connectivity index (χ4n) is 1.64. The predicted molar refractivity (Wildman–Crippen MR) is 73.1 cm³/mol. The van der Waals surface area contributed by atoms with Crippen molar-refractivity contribution in [2.45, 2.75) is 52.5 Å². The molecule has 0 aliphatic rings. The molecule has 0 atom stereocenters. The van der Waals surface area contributed by atoms with Crippen molar-refractivity contribution in [3.63, 3.8) is 0 Å². The van der Waals surface area contributed by atoms with Gasteiger partial charge in [-0.15, -0.1) is 0 Å². The van der Waals surface area contributed by atoms with Gasteiger partial charge in [-0.3, -0.25) is 0 Å². The third-order valence-corrected chi connectivity index (χ3v) is 4.59. The number of hydrogen-bond donors (Lipinski definition) is 3. The molecule has 0 heterocycles. The Kier molecular flexibility index (Phi) is 6.62. The topological polar surface area (TPSA) is 105 Å². The van der Waals surface area contributed by atoms with E-state index in [1.807, 2.05) is 13.8 Å². The first-order valence-electron chi connectivity index (χ1n) is 6.22. The number of oxime groups is 1. The van der Waals surface area contributed by atoms with E-state index in [0.717, 1.165) is 0 Å². The third kappa shape index (κ3) is 4.81. The molecule has 0 rings (SSSR count). The van der Waals surface area contributed by atoms with Crippen molar-refractivity contribution in [1.29, 1.82) is 0 Å². The minimum atomic E-state index is -3.44. The average molecular weight is 279 g/mol. The van der Waals surface area contributed by atoms with Crippen molar-refractivity contribution in [2.24, 2.45) is 16.8 Å². The van der Waals surface area contributed by atoms with E-state index >= 15 is 0 Å². The summed E-state index contributed by atoms with van der Waals surface area (Å²) >= 11 is 0. The molecule has 108 valence electrons. The van der Waals surface area contributed by atoms with Gasteiger partial charge in [0.15, 0.2) is 5.84 Å². The van der Waals surface area contributed by atoms with Crippen molar-refractivity contribution in [3.8, 4) is 0 Å². The SMILES string of the molecule is CCC(CC)(NS(=O)(=O)CCC(C)C)C(N)=NO. The van der Waals surface area contributed by atoms with Gasteiger partial charge in [0.25, 0.3) is 0 Å². The molecule has 4 N–H and O–H groups in total. The van der Waals surface area contributed by atoms with Gasteiger partial charge in [0.1, 0.15) is 0 Å². The smallest absolute Gasteiger partial charge is 0.212 e. The molecule has 0 saturated heterocycles. The third-order valence-electron chi connectivity index (χ3n) is 3.12. The summed E-state index contributed by atoms with van der Waals surface area (Å²) in [6.07, 6.45) is 1.44. The van der Waals surface area contributed by atoms with Crippen LogP contribution in [0.4, 0.5) is 0 Å². The van der Waals surface area contributed by atoms with E-state index < -0.39 is 15.6 Å². The van der Waals surface area contributed by atoms with Gasteiger partial charge in [-0.05, 0) is 25.2 Å². The Morgan fingerprint density at radius 2 is 1.89 bits per heavy atom. The molecule has 6 nitrogen and oxygen atoms in total. The van der Waals surface area contributed by atoms with Gasteiger partial charge in [0.05, 0.1) is 11.3 Å². The second kappa shape index (κ2) is 6.94. The summed E-state index contributed by atoms with van der Waals surface area (Å²) < 4.78 is 26.5. The first-order valence-corrected chi connectivity index (χ1v) is 7.87. The van der Waals surface area contributed by atoms with Gasteiger partial charge in [0, 0.05) is 0 Å². The molecule has 0 aromatic carbocycles. The second-order valence-corrected chi connectivity index (χ2v) is 6.72. The standard InChI is InChI=1S/C11H25N3O3S/c1-5-11(6-2,10(12)13-15)14-18(16,17)8-7-9(3)4/h9,14-15H,5-8H2,1-4H3,(H2,12,13). The fraction of sp³-hybridized carbons (Fsp3) is 0.909. The van der Waals surface area contributed by atoms with Crippen LogP contribution in [0.1, 0.15) is 47.0 Å². The predicted octanol–water partition coefficient (Wildman–Crippen LogP) is 1.26. The van der Waals surface area contributed by atoms with Gasteiger partial charge in [0.2, 0.25) is 10.0 Å². The Hall–Kier alpha value is -0.820. The number of nitrogens with one attached hydrogen (secondary N) is 1. The number of nitrogens with zero attached hydrogens (tertiary/aromatic N) is 1. The number of hydrogen-bond acceptors (Lipinski definition) is 4. The van der Waals surface area contributed by atoms with Crippen molar-refractivity contribution in [3.05, 3.63) is 0 Å². The minimum Gasteiger partial charge on any atom is -0.409 e. The van der Waals surface area contributed by atoms with E-state index in [0.29, 0.717) is 25.2 Å². The molecule has 0 unspecified atom stereocenters. The summed E-state index contributed by atoms with van der Waals surface area (Å²) in [6, 6.07) is 0. The molecule has 0 radical (unpaired) electrons. The molecule has 18 heavy (non-hydrogen) atoms. The van der Waals surface area contributed by atoms with E-state index in [1.165, 1.54) is 0 Å². The maximum Gasteiger partial charge on any atom is 0.212 e. The number of nitrogens with two attached hydrogens (primary N) is 1. The van der Waals surface area contributed by atoms with Gasteiger partial charge in [-0.2, -0.15) is 0 Å². The van der Waals surface area contributed by atoms with Gasteiger partial charge < -0.3 is 10.9 Å². The fourth-order valence-corrected chi connectivity index (χ4v) is 3.52. The molecule has 0 fully saturated rings. The molecule has 0 bridgehead atoms. The number of amidine groups is 1. The maximum atomic E-state index is 12.0. The average Bonchev–Trinajstić information content (AvgIpc) is 2.33. The lowest BCUT2D eigenvalue weighted by Crippen LogP contribution is -2.57. The number of sulfonamides is 1. The molecule has 0 aliphatic heterocycles. The van der Waals surface area contributed by atoms with Gasteiger partial charge in [-0.25, -0.2) is 13.1 Å². The molecular formula is C11H25N3O3S. The summed E-state index contributed by atoms with van der Waals surface area (Å²) in [5.74, 6) is 0.259. The van der Waals surface area contributed by atoms with Crippen molar-refractivity contribution < 1.29 is 13.6 Å². The Balaban J connectivity index is 5.00. The Bertz CT molecular complexity index is 373. The summed E-state index contributed by atoms with van der Waals surface area (Å²) in [6.45, 7) is 7.52. The molecular weight excluding hydrogens is 254 g/mol. The minimum absolute atomic E-state index is 0.0468. The highest BCUT2D eigenvalue weighted by Gasteiger charge is 2.35. The Morgan fingerprint density at radius 1 is 1.39 bits per heavy atom. The van der Waals surface area contributed by atoms with Crippen molar-refractivity contribution in [2.75, 3.05) is 5.75 Å². The normalized spacial score (nSPS) is 14.2. The Labute approximate surface area is 110 Å². The van der Waals surface area contributed by atoms with Crippen LogP contribution in [0.15, 0.2) is 5.16 Å². The summed E-state index contributed by atoms with van der Waals surface area (Å²) in [5, 5.41) is 11.7. The van der Waals surface area contributed by atoms with Crippen LogP contribution in [0.3, 0.4) is 0 Å². The van der Waals surface area contributed by atoms with Crippen LogP contribution < -0.4 is 10.5 Å². The zero-order valence-electron chi connectivity index (χ0n) is 11.6. The summed E-state index contributed by atoms with van der Waals surface area (Å²) in [5.41, 5.74) is 4.61. The largest absolute Gasteiger partial charge is 0.409 e. The lowest BCUT2D eigenvalue weighted by atomic mass is 9.93. The van der Waals surface area contributed by atoms with Gasteiger partial charge >= 0.3 is 0 Å². The Morgan fingerprint density at radius 3 is 2.22 bits per heavy atom. The van der Waals surface area contributed by atoms with Crippen LogP contribution in [0, 0.1) is 5.92 Å². The zero-order valence-corrected chi connectivity index (χ0v) is 12.4. The lowest BCUT2D eigenvalue weighted by Gasteiger charge is -2.31. The van der Waals surface area contributed by atoms with Crippen LogP contribution in [-0.2, 0) is 10.0 Å². The van der Waals surface area contributed by atoms with Crippen LogP contribution >= 0.6 is 0 Å². The van der Waals surface area contributed by atoms with E-state index in [4.69, 9.17) is 10.9 Å². The molecule has 0 aliphatic carbocycles. The van der Waals surface area contributed by atoms with Crippen LogP contribution in [0.25, 0.3) is 0 Å². The first kappa shape index (κ1) is 17.2. The van der Waals surface area contributed by atoms with E-state index in [-0.39, 0.29) is 11.6 Å². The summed E-state index contributed by atoms with van der Waals surface area (Å²) in [4.78, 5) is 0. The molecule has 7 heteroatoms. The highest BCUT2D eigenvalue weighted by Crippen LogP contribution is 2.17. The molecule has 0 aromatic heterocycles. The number of rotatable bonds is 8. The molecule has 0 spiro atoms. The lowest BCUT2D eigenvalue weighted by molar-refractivity contribution is 0.307. The van der Waals surface area contributed by atoms with Crippen molar-refractivity contribution >= 4 is 15.9 Å². The van der Waals surface area contributed by atoms with Crippen LogP contribution in [0.5, 0.6) is 0 Å². The molecule has 0 amide bonds. The molecule has 0 aromatic rings. The van der Waals surface area contributed by atoms with E-state index in [1.54, 1.807) is 13.8 Å². The summed E-state index contributed by atoms with van der Waals surface area (Å²) in [7, 11) is -3.44. The molecule has 0 saturated carbocycles. The monoisotopic (exact) mass is 279 g/mol. The van der Waals surface area contributed by atoms with Gasteiger partial charge in [-0.1, -0.05) is 32.9 Å². The van der Waals surface area contributed by atoms with Crippen molar-refractivity contribution in [1.82, 2.24) is 4.72 Å². The first-order chi connectivity index (χ1) is 8.23. The van der Waals surface area contributed by atoms with Crippen LogP contribution in [-0.4, -0.2) is 30.8 Å². The van der Waals surface area contributed by atoms with E-state index in [9.17, 15) is 8.42 Å². The highest BCUT2D eigenvalue weighted by molar-refractivity contribution is 7.89. The van der Waals surface area contributed by atoms with Crippen LogP contribution in [0.2, 0.25) is 0 Å². The zero-order chi connectivity index (χ0) is 14.4.